The van der Waals surface area contributed by atoms with Crippen LogP contribution in [0.2, 0.25) is 0 Å². The third kappa shape index (κ3) is 4.28. The van der Waals surface area contributed by atoms with E-state index in [4.69, 9.17) is 0 Å². The van der Waals surface area contributed by atoms with Crippen molar-refractivity contribution in [2.24, 2.45) is 17.8 Å². The highest BCUT2D eigenvalue weighted by Gasteiger charge is 2.51. The molecule has 1 aromatic carbocycles. The Bertz CT molecular complexity index is 765. The van der Waals surface area contributed by atoms with E-state index in [9.17, 15) is 9.59 Å². The molecule has 1 heterocycles. The van der Waals surface area contributed by atoms with Crippen LogP contribution in [0.5, 0.6) is 0 Å². The Morgan fingerprint density at radius 3 is 2.17 bits per heavy atom. The van der Waals surface area contributed by atoms with E-state index in [0.29, 0.717) is 5.75 Å². The molecule has 4 nitrogen and oxygen atoms in total. The zero-order valence-corrected chi connectivity index (χ0v) is 18.7. The molecule has 1 N–H and O–H groups in total. The van der Waals surface area contributed by atoms with Crippen LogP contribution in [0.15, 0.2) is 29.2 Å². The standard InChI is InChI=1S/C25H34N2O2S/c28-23(26-25-14-18-11-19(15-25)13-20(12-18)16-25)17-30-22-8-4-3-7-21(22)24(29)27-9-5-1-2-6-10-27/h3-4,7-8,18-20H,1-2,5-6,9-17H2,(H,26,28). The molecule has 0 atom stereocenters. The van der Waals surface area contributed by atoms with Crippen LogP contribution in [0.1, 0.15) is 74.6 Å². The second kappa shape index (κ2) is 8.57. The predicted octanol–water partition coefficient (Wildman–Crippen LogP) is 4.88. The summed E-state index contributed by atoms with van der Waals surface area (Å²) in [5, 5.41) is 3.46. The number of carbonyl (C=O) groups excluding carboxylic acids is 2. The zero-order valence-electron chi connectivity index (χ0n) is 17.9. The smallest absolute Gasteiger partial charge is 0.254 e. The van der Waals surface area contributed by atoms with Crippen molar-refractivity contribution >= 4 is 23.6 Å². The SMILES string of the molecule is O=C(CSc1ccccc1C(=O)N1CCCCCC1)NC12CC3CC(CC(C3)C1)C2. The van der Waals surface area contributed by atoms with Crippen molar-refractivity contribution in [1.82, 2.24) is 10.2 Å². The molecule has 0 aromatic heterocycles. The number of rotatable bonds is 5. The summed E-state index contributed by atoms with van der Waals surface area (Å²) in [5.74, 6) is 3.15. The molecule has 0 spiro atoms. The van der Waals surface area contributed by atoms with Gasteiger partial charge in [0.1, 0.15) is 0 Å². The summed E-state index contributed by atoms with van der Waals surface area (Å²) in [6, 6.07) is 7.82. The highest BCUT2D eigenvalue weighted by Crippen LogP contribution is 2.55. The first kappa shape index (κ1) is 20.4. The van der Waals surface area contributed by atoms with Crippen LogP contribution in [-0.2, 0) is 4.79 Å². The lowest BCUT2D eigenvalue weighted by atomic mass is 9.53. The van der Waals surface area contributed by atoms with Gasteiger partial charge in [-0.3, -0.25) is 9.59 Å². The van der Waals surface area contributed by atoms with Gasteiger partial charge >= 0.3 is 0 Å². The lowest BCUT2D eigenvalue weighted by Crippen LogP contribution is -2.60. The average Bonchev–Trinajstić information content (AvgIpc) is 3.00. The van der Waals surface area contributed by atoms with Crippen molar-refractivity contribution in [3.63, 3.8) is 0 Å². The van der Waals surface area contributed by atoms with E-state index >= 15 is 0 Å². The maximum Gasteiger partial charge on any atom is 0.254 e. The summed E-state index contributed by atoms with van der Waals surface area (Å²) >= 11 is 1.52. The predicted molar refractivity (Wildman–Crippen MR) is 121 cm³/mol. The largest absolute Gasteiger partial charge is 0.350 e. The van der Waals surface area contributed by atoms with Gasteiger partial charge in [-0.15, -0.1) is 11.8 Å². The molecule has 5 aliphatic rings. The first-order chi connectivity index (χ1) is 14.6. The Morgan fingerprint density at radius 1 is 0.933 bits per heavy atom. The molecule has 1 aliphatic heterocycles. The van der Waals surface area contributed by atoms with Crippen LogP contribution in [0.4, 0.5) is 0 Å². The summed E-state index contributed by atoms with van der Waals surface area (Å²) in [5.41, 5.74) is 0.820. The van der Waals surface area contributed by atoms with E-state index in [-0.39, 0.29) is 17.4 Å². The number of benzene rings is 1. The second-order valence-corrected chi connectivity index (χ2v) is 11.3. The second-order valence-electron chi connectivity index (χ2n) is 10.2. The molecule has 5 fully saturated rings. The van der Waals surface area contributed by atoms with E-state index in [1.165, 1.54) is 63.1 Å². The molecule has 4 bridgehead atoms. The van der Waals surface area contributed by atoms with Gasteiger partial charge in [-0.05, 0) is 81.3 Å². The first-order valence-corrected chi connectivity index (χ1v) is 12.9. The van der Waals surface area contributed by atoms with E-state index in [1.807, 2.05) is 29.2 Å². The van der Waals surface area contributed by atoms with Crippen molar-refractivity contribution in [2.75, 3.05) is 18.8 Å². The number of amides is 2. The van der Waals surface area contributed by atoms with Crippen molar-refractivity contribution in [3.05, 3.63) is 29.8 Å². The van der Waals surface area contributed by atoms with Gasteiger partial charge in [0.25, 0.3) is 5.91 Å². The Hall–Kier alpha value is -1.49. The third-order valence-electron chi connectivity index (χ3n) is 7.81. The molecule has 4 aliphatic carbocycles. The van der Waals surface area contributed by atoms with E-state index in [0.717, 1.165) is 54.1 Å². The Labute approximate surface area is 184 Å². The monoisotopic (exact) mass is 426 g/mol. The fourth-order valence-electron chi connectivity index (χ4n) is 6.95. The van der Waals surface area contributed by atoms with Gasteiger partial charge in [0.05, 0.1) is 11.3 Å². The van der Waals surface area contributed by atoms with Crippen molar-refractivity contribution in [2.45, 2.75) is 74.6 Å². The van der Waals surface area contributed by atoms with Gasteiger partial charge in [0.2, 0.25) is 5.91 Å². The van der Waals surface area contributed by atoms with Gasteiger partial charge in [0.15, 0.2) is 0 Å². The van der Waals surface area contributed by atoms with Crippen molar-refractivity contribution in [1.29, 1.82) is 0 Å². The minimum atomic E-state index is 0.0633. The Balaban J connectivity index is 1.21. The first-order valence-electron chi connectivity index (χ1n) is 11.9. The normalized spacial score (nSPS) is 32.7. The maximum absolute atomic E-state index is 13.1. The molecule has 2 amide bonds. The molecule has 5 heteroatoms. The average molecular weight is 427 g/mol. The molecular formula is C25H34N2O2S. The Kier molecular flexibility index (Phi) is 5.83. The number of hydrogen-bond donors (Lipinski definition) is 1. The fourth-order valence-corrected chi connectivity index (χ4v) is 7.80. The van der Waals surface area contributed by atoms with Crippen LogP contribution in [-0.4, -0.2) is 41.1 Å². The topological polar surface area (TPSA) is 49.4 Å². The third-order valence-corrected chi connectivity index (χ3v) is 8.89. The number of likely N-dealkylation sites (tertiary alicyclic amines) is 1. The van der Waals surface area contributed by atoms with Crippen molar-refractivity contribution < 1.29 is 9.59 Å². The lowest BCUT2D eigenvalue weighted by molar-refractivity contribution is -0.124. The molecule has 30 heavy (non-hydrogen) atoms. The molecular weight excluding hydrogens is 392 g/mol. The quantitative estimate of drug-likeness (QED) is 0.683. The summed E-state index contributed by atoms with van der Waals surface area (Å²) in [4.78, 5) is 29.0. The Morgan fingerprint density at radius 2 is 1.53 bits per heavy atom. The van der Waals surface area contributed by atoms with Gasteiger partial charge in [0, 0.05) is 23.5 Å². The van der Waals surface area contributed by atoms with Crippen LogP contribution in [0.3, 0.4) is 0 Å². The number of hydrogen-bond acceptors (Lipinski definition) is 3. The maximum atomic E-state index is 13.1. The van der Waals surface area contributed by atoms with Gasteiger partial charge < -0.3 is 10.2 Å². The zero-order chi connectivity index (χ0) is 20.6. The van der Waals surface area contributed by atoms with Crippen LogP contribution in [0.25, 0.3) is 0 Å². The van der Waals surface area contributed by atoms with Gasteiger partial charge in [-0.25, -0.2) is 0 Å². The number of nitrogens with one attached hydrogen (secondary N) is 1. The van der Waals surface area contributed by atoms with Gasteiger partial charge in [-0.1, -0.05) is 25.0 Å². The lowest BCUT2D eigenvalue weighted by Gasteiger charge is -2.56. The van der Waals surface area contributed by atoms with E-state index < -0.39 is 0 Å². The minimum Gasteiger partial charge on any atom is -0.350 e. The molecule has 1 aromatic rings. The highest BCUT2D eigenvalue weighted by atomic mass is 32.2. The van der Waals surface area contributed by atoms with Crippen LogP contribution in [0, 0.1) is 17.8 Å². The molecule has 6 rings (SSSR count). The summed E-state index contributed by atoms with van der Waals surface area (Å²) in [6.07, 6.45) is 12.3. The molecule has 0 unspecified atom stereocenters. The molecule has 1 saturated heterocycles. The minimum absolute atomic E-state index is 0.0633. The fraction of sp³-hybridized carbons (Fsp3) is 0.680. The van der Waals surface area contributed by atoms with Crippen LogP contribution < -0.4 is 5.32 Å². The van der Waals surface area contributed by atoms with E-state index in [1.54, 1.807) is 0 Å². The molecule has 4 saturated carbocycles. The number of thioether (sulfide) groups is 1. The van der Waals surface area contributed by atoms with Crippen molar-refractivity contribution in [3.8, 4) is 0 Å². The number of nitrogens with zero attached hydrogens (tertiary/aromatic N) is 1. The number of carbonyl (C=O) groups is 2. The summed E-state index contributed by atoms with van der Waals surface area (Å²) in [6.45, 7) is 1.70. The summed E-state index contributed by atoms with van der Waals surface area (Å²) in [7, 11) is 0. The van der Waals surface area contributed by atoms with E-state index in [2.05, 4.69) is 5.32 Å². The molecule has 0 radical (unpaired) electrons. The summed E-state index contributed by atoms with van der Waals surface area (Å²) < 4.78 is 0. The highest BCUT2D eigenvalue weighted by molar-refractivity contribution is 8.00. The van der Waals surface area contributed by atoms with Gasteiger partial charge in [-0.2, -0.15) is 0 Å². The molecule has 162 valence electrons. The van der Waals surface area contributed by atoms with Crippen LogP contribution >= 0.6 is 11.8 Å².